The molecule has 0 spiro atoms. The van der Waals surface area contributed by atoms with Gasteiger partial charge >= 0.3 is 0 Å². The molecule has 3 rings (SSSR count). The highest BCUT2D eigenvalue weighted by atomic mass is 79.9. The van der Waals surface area contributed by atoms with Gasteiger partial charge in [-0.2, -0.15) is 5.26 Å². The molecule has 2 aliphatic rings. The van der Waals surface area contributed by atoms with Crippen LogP contribution in [0.5, 0.6) is 11.5 Å². The van der Waals surface area contributed by atoms with Crippen molar-refractivity contribution >= 4 is 21.7 Å². The van der Waals surface area contributed by atoms with Crippen molar-refractivity contribution in [1.82, 2.24) is 5.32 Å². The summed E-state index contributed by atoms with van der Waals surface area (Å²) in [4.78, 5) is 12.6. The number of carbonyl (C=O) groups excluding carboxylic acids is 1. The van der Waals surface area contributed by atoms with Crippen molar-refractivity contribution in [2.45, 2.75) is 32.1 Å². The molecule has 0 radical (unpaired) electrons. The van der Waals surface area contributed by atoms with Gasteiger partial charge in [0.1, 0.15) is 0 Å². The number of carbonyl (C=O) groups is 1. The first-order valence-electron chi connectivity index (χ1n) is 7.68. The Bertz CT molecular complexity index is 833. The molecule has 1 aliphatic heterocycles. The molecule has 124 valence electrons. The maximum atomic E-state index is 12.6. The fourth-order valence-corrected chi connectivity index (χ4v) is 3.84. The standard InChI is InChI=1S/C18H17BrN2O3/c1-9-11(8-20)16(17-13(21-9)4-3-5-14(17)22)10-6-12(19)18(23)15(7-10)24-2/h6-7,16,21,23H,3-5H2,1-2H3/t16-/m0/s1. The zero-order valence-electron chi connectivity index (χ0n) is 13.4. The Hall–Kier alpha value is -2.26. The van der Waals surface area contributed by atoms with E-state index in [1.807, 2.05) is 6.92 Å². The third-order valence-electron chi connectivity index (χ3n) is 4.50. The van der Waals surface area contributed by atoms with Crippen molar-refractivity contribution in [3.05, 3.63) is 44.7 Å². The number of nitriles is 1. The molecule has 0 aromatic heterocycles. The maximum Gasteiger partial charge on any atom is 0.172 e. The van der Waals surface area contributed by atoms with E-state index in [0.29, 0.717) is 27.8 Å². The summed E-state index contributed by atoms with van der Waals surface area (Å²) in [7, 11) is 1.47. The minimum absolute atomic E-state index is 0.00133. The molecule has 0 unspecified atom stereocenters. The molecule has 1 atom stereocenters. The van der Waals surface area contributed by atoms with Crippen LogP contribution in [0.2, 0.25) is 0 Å². The van der Waals surface area contributed by atoms with Crippen molar-refractivity contribution in [2.75, 3.05) is 7.11 Å². The van der Waals surface area contributed by atoms with Crippen LogP contribution in [-0.2, 0) is 4.79 Å². The van der Waals surface area contributed by atoms with E-state index in [4.69, 9.17) is 4.74 Å². The number of allylic oxidation sites excluding steroid dienone is 4. The number of methoxy groups -OCH3 is 1. The van der Waals surface area contributed by atoms with Gasteiger partial charge in [0, 0.05) is 23.4 Å². The van der Waals surface area contributed by atoms with Crippen LogP contribution < -0.4 is 10.1 Å². The van der Waals surface area contributed by atoms with Gasteiger partial charge in [0.2, 0.25) is 0 Å². The van der Waals surface area contributed by atoms with E-state index in [2.05, 4.69) is 27.3 Å². The number of halogens is 1. The summed E-state index contributed by atoms with van der Waals surface area (Å²) in [5.74, 6) is -0.0705. The van der Waals surface area contributed by atoms with Crippen LogP contribution in [0, 0.1) is 11.3 Å². The molecular formula is C18H17BrN2O3. The number of rotatable bonds is 2. The van der Waals surface area contributed by atoms with Crippen molar-refractivity contribution in [3.8, 4) is 17.6 Å². The summed E-state index contributed by atoms with van der Waals surface area (Å²) in [6, 6.07) is 5.67. The van der Waals surface area contributed by atoms with Gasteiger partial charge in [-0.3, -0.25) is 4.79 Å². The van der Waals surface area contributed by atoms with E-state index in [-0.39, 0.29) is 11.5 Å². The Morgan fingerprint density at radius 3 is 2.83 bits per heavy atom. The molecule has 0 saturated heterocycles. The zero-order valence-corrected chi connectivity index (χ0v) is 15.0. The number of phenolic OH excluding ortho intramolecular Hbond substituents is 1. The highest BCUT2D eigenvalue weighted by molar-refractivity contribution is 9.10. The van der Waals surface area contributed by atoms with Gasteiger partial charge in [0.05, 0.1) is 29.1 Å². The summed E-state index contributed by atoms with van der Waals surface area (Å²) in [5, 5.41) is 22.9. The topological polar surface area (TPSA) is 82.3 Å². The minimum Gasteiger partial charge on any atom is -0.503 e. The predicted molar refractivity (Wildman–Crippen MR) is 92.4 cm³/mol. The van der Waals surface area contributed by atoms with Gasteiger partial charge in [0.25, 0.3) is 0 Å². The first kappa shape index (κ1) is 16.6. The maximum absolute atomic E-state index is 12.6. The number of dihydropyridines is 1. The van der Waals surface area contributed by atoms with Gasteiger partial charge in [-0.25, -0.2) is 0 Å². The number of phenols is 1. The number of ketones is 1. The molecule has 1 aromatic carbocycles. The number of ether oxygens (including phenoxy) is 1. The van der Waals surface area contributed by atoms with Crippen molar-refractivity contribution in [3.63, 3.8) is 0 Å². The van der Waals surface area contributed by atoms with E-state index in [9.17, 15) is 15.2 Å². The Morgan fingerprint density at radius 1 is 1.42 bits per heavy atom. The predicted octanol–water partition coefficient (Wildman–Crippen LogP) is 3.65. The monoisotopic (exact) mass is 388 g/mol. The summed E-state index contributed by atoms with van der Waals surface area (Å²) in [6.07, 6.45) is 2.10. The quantitative estimate of drug-likeness (QED) is 0.807. The van der Waals surface area contributed by atoms with Crippen LogP contribution in [0.3, 0.4) is 0 Å². The molecule has 1 aliphatic carbocycles. The first-order chi connectivity index (χ1) is 11.5. The zero-order chi connectivity index (χ0) is 17.4. The van der Waals surface area contributed by atoms with E-state index in [1.165, 1.54) is 7.11 Å². The lowest BCUT2D eigenvalue weighted by molar-refractivity contribution is -0.116. The number of hydrogen-bond donors (Lipinski definition) is 2. The van der Waals surface area contributed by atoms with E-state index < -0.39 is 5.92 Å². The largest absolute Gasteiger partial charge is 0.503 e. The summed E-state index contributed by atoms with van der Waals surface area (Å²) in [6.45, 7) is 1.85. The number of nitrogens with zero attached hydrogens (tertiary/aromatic N) is 1. The average Bonchev–Trinajstić information content (AvgIpc) is 2.56. The molecule has 2 N–H and O–H groups in total. The molecule has 0 bridgehead atoms. The molecule has 24 heavy (non-hydrogen) atoms. The lowest BCUT2D eigenvalue weighted by Gasteiger charge is -2.33. The molecule has 1 aromatic rings. The molecule has 0 amide bonds. The minimum atomic E-state index is -0.440. The fourth-order valence-electron chi connectivity index (χ4n) is 3.38. The van der Waals surface area contributed by atoms with Gasteiger partial charge in [-0.1, -0.05) is 0 Å². The molecule has 1 heterocycles. The van der Waals surface area contributed by atoms with E-state index in [1.54, 1.807) is 12.1 Å². The SMILES string of the molecule is COc1cc([C@H]2C(C#N)=C(C)NC3=C2C(=O)CCC3)cc(Br)c1O. The second-order valence-electron chi connectivity index (χ2n) is 5.93. The van der Waals surface area contributed by atoms with Crippen molar-refractivity contribution in [2.24, 2.45) is 0 Å². The van der Waals surface area contributed by atoms with Crippen LogP contribution in [-0.4, -0.2) is 18.0 Å². The van der Waals surface area contributed by atoms with Crippen LogP contribution in [0.25, 0.3) is 0 Å². The Kier molecular flexibility index (Phi) is 4.37. The van der Waals surface area contributed by atoms with Gasteiger partial charge < -0.3 is 15.2 Å². The van der Waals surface area contributed by atoms with Crippen LogP contribution in [0.15, 0.2) is 39.1 Å². The normalized spacial score (nSPS) is 20.4. The number of Topliss-reactive ketones (excluding diaryl/α,β-unsaturated/α-hetero) is 1. The summed E-state index contributed by atoms with van der Waals surface area (Å²) < 4.78 is 5.69. The molecule has 0 fully saturated rings. The van der Waals surface area contributed by atoms with Gasteiger partial charge in [-0.15, -0.1) is 0 Å². The number of benzene rings is 1. The molecule has 6 heteroatoms. The first-order valence-corrected chi connectivity index (χ1v) is 8.47. The average molecular weight is 389 g/mol. The van der Waals surface area contributed by atoms with Crippen LogP contribution >= 0.6 is 15.9 Å². The molecule has 0 saturated carbocycles. The fraction of sp³-hybridized carbons (Fsp3) is 0.333. The lowest BCUT2D eigenvalue weighted by Crippen LogP contribution is -2.31. The molecular weight excluding hydrogens is 372 g/mol. The van der Waals surface area contributed by atoms with Gasteiger partial charge in [-0.05, 0) is 53.4 Å². The number of nitrogens with one attached hydrogen (secondary N) is 1. The third kappa shape index (κ3) is 2.59. The third-order valence-corrected chi connectivity index (χ3v) is 5.10. The van der Waals surface area contributed by atoms with Crippen LogP contribution in [0.1, 0.15) is 37.7 Å². The highest BCUT2D eigenvalue weighted by Crippen LogP contribution is 2.45. The summed E-state index contributed by atoms with van der Waals surface area (Å²) >= 11 is 3.32. The Morgan fingerprint density at radius 2 is 2.17 bits per heavy atom. The summed E-state index contributed by atoms with van der Waals surface area (Å²) in [5.41, 5.74) is 3.58. The lowest BCUT2D eigenvalue weighted by atomic mass is 9.75. The van der Waals surface area contributed by atoms with Crippen molar-refractivity contribution in [1.29, 1.82) is 5.26 Å². The van der Waals surface area contributed by atoms with Gasteiger partial charge in [0.15, 0.2) is 17.3 Å². The second-order valence-corrected chi connectivity index (χ2v) is 6.79. The van der Waals surface area contributed by atoms with E-state index >= 15 is 0 Å². The van der Waals surface area contributed by atoms with Crippen LogP contribution in [0.4, 0.5) is 0 Å². The van der Waals surface area contributed by atoms with Crippen molar-refractivity contribution < 1.29 is 14.6 Å². The smallest absolute Gasteiger partial charge is 0.172 e. The Labute approximate surface area is 148 Å². The Balaban J connectivity index is 2.23. The number of aromatic hydroxyl groups is 1. The second kappa shape index (κ2) is 6.33. The van der Waals surface area contributed by atoms with E-state index in [0.717, 1.165) is 29.8 Å². The highest BCUT2D eigenvalue weighted by Gasteiger charge is 2.36. The number of hydrogen-bond acceptors (Lipinski definition) is 5. The molecule has 5 nitrogen and oxygen atoms in total.